The van der Waals surface area contributed by atoms with Gasteiger partial charge >= 0.3 is 0 Å². The quantitative estimate of drug-likeness (QED) is 0.546. The molecule has 0 aliphatic heterocycles. The van der Waals surface area contributed by atoms with Gasteiger partial charge < -0.3 is 0 Å². The molecule has 1 aromatic rings. The van der Waals surface area contributed by atoms with Crippen molar-refractivity contribution in [3.05, 3.63) is 34.4 Å². The van der Waals surface area contributed by atoms with Crippen LogP contribution < -0.4 is 0 Å². The molecule has 2 rings (SSSR count). The van der Waals surface area contributed by atoms with E-state index in [9.17, 15) is 0 Å². The normalized spacial score (nSPS) is 11.9. The number of rotatable bonds is 0. The fourth-order valence-corrected chi connectivity index (χ4v) is 2.07. The summed E-state index contributed by atoms with van der Waals surface area (Å²) in [6.07, 6.45) is 6.48. The summed E-state index contributed by atoms with van der Waals surface area (Å²) in [5.74, 6) is 0. The highest BCUT2D eigenvalue weighted by molar-refractivity contribution is 5.42. The van der Waals surface area contributed by atoms with Crippen molar-refractivity contribution in [3.63, 3.8) is 0 Å². The average Bonchev–Trinajstić information content (AvgIpc) is 2.76. The number of aryl methyl sites for hydroxylation is 2. The van der Waals surface area contributed by atoms with E-state index in [4.69, 9.17) is 0 Å². The Bertz CT molecular complexity index is 279. The van der Waals surface area contributed by atoms with Crippen molar-refractivity contribution in [2.24, 2.45) is 0 Å². The Hall–Kier alpha value is -0.780. The smallest absolute Gasteiger partial charge is 0.0270 e. The summed E-state index contributed by atoms with van der Waals surface area (Å²) in [6.45, 7) is 13.0. The molecule has 98 valence electrons. The zero-order chi connectivity index (χ0) is 13.3. The van der Waals surface area contributed by atoms with Gasteiger partial charge in [-0.05, 0) is 55.4 Å². The summed E-state index contributed by atoms with van der Waals surface area (Å²) >= 11 is 0. The van der Waals surface area contributed by atoms with Gasteiger partial charge in [-0.2, -0.15) is 0 Å². The van der Waals surface area contributed by atoms with E-state index in [0.717, 1.165) is 0 Å². The summed E-state index contributed by atoms with van der Waals surface area (Å²) in [7, 11) is 0. The Kier molecular flexibility index (Phi) is 8.85. The van der Waals surface area contributed by atoms with Gasteiger partial charge in [-0.3, -0.25) is 0 Å². The van der Waals surface area contributed by atoms with E-state index in [-0.39, 0.29) is 0 Å². The molecular formula is C17H30. The van der Waals surface area contributed by atoms with Gasteiger partial charge in [0.15, 0.2) is 0 Å². The molecule has 0 saturated heterocycles. The second-order valence-electron chi connectivity index (χ2n) is 4.92. The van der Waals surface area contributed by atoms with Crippen LogP contribution in [-0.4, -0.2) is 0 Å². The standard InChI is InChI=1S/C11H14.2C3H8/c1-8-6-7-9(2)11-5-3-4-10(8)11;2*1-3-2/h6-7H,3-5H2,1-2H3;2*3H2,1-2H3. The van der Waals surface area contributed by atoms with E-state index in [0.29, 0.717) is 0 Å². The Labute approximate surface area is 108 Å². The van der Waals surface area contributed by atoms with E-state index >= 15 is 0 Å². The molecule has 0 aromatic heterocycles. The third-order valence-corrected chi connectivity index (χ3v) is 2.75. The summed E-state index contributed by atoms with van der Waals surface area (Å²) < 4.78 is 0. The van der Waals surface area contributed by atoms with Crippen molar-refractivity contribution in [1.29, 1.82) is 0 Å². The highest BCUT2D eigenvalue weighted by Gasteiger charge is 2.13. The van der Waals surface area contributed by atoms with Gasteiger partial charge in [0.25, 0.3) is 0 Å². The molecule has 0 fully saturated rings. The molecule has 0 bridgehead atoms. The summed E-state index contributed by atoms with van der Waals surface area (Å²) in [6, 6.07) is 4.50. The molecule has 0 amide bonds. The van der Waals surface area contributed by atoms with Crippen LogP contribution in [0, 0.1) is 13.8 Å². The van der Waals surface area contributed by atoms with Crippen LogP contribution in [0.3, 0.4) is 0 Å². The maximum Gasteiger partial charge on any atom is -0.0270 e. The van der Waals surface area contributed by atoms with Crippen molar-refractivity contribution in [3.8, 4) is 0 Å². The predicted molar refractivity (Wildman–Crippen MR) is 79.9 cm³/mol. The van der Waals surface area contributed by atoms with Gasteiger partial charge in [0.2, 0.25) is 0 Å². The van der Waals surface area contributed by atoms with E-state index in [1.54, 1.807) is 11.1 Å². The molecule has 0 radical (unpaired) electrons. The Morgan fingerprint density at radius 1 is 0.765 bits per heavy atom. The largest absolute Gasteiger partial charge is 0.0656 e. The van der Waals surface area contributed by atoms with Crippen LogP contribution in [-0.2, 0) is 12.8 Å². The Morgan fingerprint density at radius 2 is 1.06 bits per heavy atom. The molecule has 0 nitrogen and oxygen atoms in total. The molecule has 0 atom stereocenters. The van der Waals surface area contributed by atoms with Crippen LogP contribution in [0.25, 0.3) is 0 Å². The van der Waals surface area contributed by atoms with Crippen molar-refractivity contribution < 1.29 is 0 Å². The third kappa shape index (κ3) is 5.39. The fraction of sp³-hybridized carbons (Fsp3) is 0.647. The Morgan fingerprint density at radius 3 is 1.35 bits per heavy atom. The van der Waals surface area contributed by atoms with Gasteiger partial charge in [-0.15, -0.1) is 0 Å². The molecule has 0 N–H and O–H groups in total. The molecular weight excluding hydrogens is 204 g/mol. The Balaban J connectivity index is 0.000000366. The molecule has 1 aliphatic carbocycles. The fourth-order valence-electron chi connectivity index (χ4n) is 2.07. The van der Waals surface area contributed by atoms with Crippen LogP contribution in [0.4, 0.5) is 0 Å². The molecule has 0 heterocycles. The number of fused-ring (bicyclic) bond motifs is 1. The monoisotopic (exact) mass is 234 g/mol. The van der Waals surface area contributed by atoms with Crippen LogP contribution in [0.5, 0.6) is 0 Å². The second kappa shape index (κ2) is 9.27. The van der Waals surface area contributed by atoms with Crippen molar-refractivity contribution in [1.82, 2.24) is 0 Å². The topological polar surface area (TPSA) is 0 Å². The minimum atomic E-state index is 1.25. The lowest BCUT2D eigenvalue weighted by molar-refractivity contribution is 0.907. The van der Waals surface area contributed by atoms with E-state index in [2.05, 4.69) is 53.7 Å². The summed E-state index contributed by atoms with van der Waals surface area (Å²) in [4.78, 5) is 0. The maximum atomic E-state index is 2.25. The first kappa shape index (κ1) is 16.2. The van der Waals surface area contributed by atoms with Crippen molar-refractivity contribution >= 4 is 0 Å². The summed E-state index contributed by atoms with van der Waals surface area (Å²) in [5.41, 5.74) is 6.24. The first-order valence-corrected chi connectivity index (χ1v) is 7.20. The molecule has 1 aliphatic rings. The molecule has 0 heteroatoms. The molecule has 17 heavy (non-hydrogen) atoms. The minimum Gasteiger partial charge on any atom is -0.0656 e. The van der Waals surface area contributed by atoms with Gasteiger partial charge in [-0.25, -0.2) is 0 Å². The lowest BCUT2D eigenvalue weighted by Gasteiger charge is -2.05. The van der Waals surface area contributed by atoms with Crippen LogP contribution >= 0.6 is 0 Å². The molecule has 0 unspecified atom stereocenters. The summed E-state index contributed by atoms with van der Waals surface area (Å²) in [5, 5.41) is 0. The van der Waals surface area contributed by atoms with Crippen LogP contribution in [0.15, 0.2) is 12.1 Å². The van der Waals surface area contributed by atoms with Crippen LogP contribution in [0.1, 0.15) is 69.2 Å². The van der Waals surface area contributed by atoms with E-state index < -0.39 is 0 Å². The van der Waals surface area contributed by atoms with Gasteiger partial charge in [0, 0.05) is 0 Å². The average molecular weight is 234 g/mol. The van der Waals surface area contributed by atoms with Crippen LogP contribution in [0.2, 0.25) is 0 Å². The predicted octanol–water partition coefficient (Wildman–Crippen LogP) is 5.62. The lowest BCUT2D eigenvalue weighted by Crippen LogP contribution is -1.90. The zero-order valence-corrected chi connectivity index (χ0v) is 12.7. The lowest BCUT2D eigenvalue weighted by atomic mass is 10.0. The third-order valence-electron chi connectivity index (χ3n) is 2.75. The SMILES string of the molecule is CCC.CCC.Cc1ccc(C)c2c1CCC2. The molecule has 1 aromatic carbocycles. The zero-order valence-electron chi connectivity index (χ0n) is 12.7. The highest BCUT2D eigenvalue weighted by Crippen LogP contribution is 2.27. The molecule has 0 saturated carbocycles. The van der Waals surface area contributed by atoms with Gasteiger partial charge in [-0.1, -0.05) is 52.7 Å². The molecule has 0 spiro atoms. The highest BCUT2D eigenvalue weighted by atomic mass is 14.2. The van der Waals surface area contributed by atoms with Crippen molar-refractivity contribution in [2.75, 3.05) is 0 Å². The maximum absolute atomic E-state index is 2.25. The number of hydrogen-bond donors (Lipinski definition) is 0. The number of benzene rings is 1. The van der Waals surface area contributed by atoms with E-state index in [1.165, 1.54) is 43.2 Å². The minimum absolute atomic E-state index is 1.25. The van der Waals surface area contributed by atoms with E-state index in [1.807, 2.05) is 0 Å². The van der Waals surface area contributed by atoms with Gasteiger partial charge in [0.1, 0.15) is 0 Å². The van der Waals surface area contributed by atoms with Crippen molar-refractivity contribution in [2.45, 2.75) is 73.6 Å². The number of hydrogen-bond acceptors (Lipinski definition) is 0. The first-order chi connectivity index (χ1) is 8.12. The second-order valence-corrected chi connectivity index (χ2v) is 4.92. The first-order valence-electron chi connectivity index (χ1n) is 7.20. The van der Waals surface area contributed by atoms with Gasteiger partial charge in [0.05, 0.1) is 0 Å².